The molecule has 0 saturated heterocycles. The second-order valence-corrected chi connectivity index (χ2v) is 6.34. The molecule has 1 aliphatic heterocycles. The molecule has 2 aromatic rings. The normalized spacial score (nSPS) is 13.2. The molecule has 0 unspecified atom stereocenters. The van der Waals surface area contributed by atoms with Gasteiger partial charge in [-0.25, -0.2) is 0 Å². The Bertz CT molecular complexity index is 676. The molecule has 21 heavy (non-hydrogen) atoms. The summed E-state index contributed by atoms with van der Waals surface area (Å²) in [5, 5.41) is 0.604. The van der Waals surface area contributed by atoms with Gasteiger partial charge in [0.05, 0.1) is 5.02 Å². The lowest BCUT2D eigenvalue weighted by Crippen LogP contribution is -2.15. The van der Waals surface area contributed by atoms with Crippen molar-refractivity contribution in [2.24, 2.45) is 0 Å². The Morgan fingerprint density at radius 2 is 2.00 bits per heavy atom. The maximum Gasteiger partial charge on any atom is 0.179 e. The molecule has 2 N–H and O–H groups in total. The molecular formula is C16H16ClNO2S. The van der Waals surface area contributed by atoms with E-state index < -0.39 is 0 Å². The number of fused-ring (bicyclic) bond motifs is 1. The summed E-state index contributed by atoms with van der Waals surface area (Å²) < 4.78 is 11.1. The highest BCUT2D eigenvalue weighted by Crippen LogP contribution is 2.39. The first-order valence-electron chi connectivity index (χ1n) is 6.70. The van der Waals surface area contributed by atoms with Gasteiger partial charge in [0, 0.05) is 16.3 Å². The van der Waals surface area contributed by atoms with Crippen LogP contribution in [0.5, 0.6) is 11.5 Å². The van der Waals surface area contributed by atoms with Crippen molar-refractivity contribution in [2.45, 2.75) is 17.6 Å². The van der Waals surface area contributed by atoms with E-state index in [0.29, 0.717) is 24.0 Å². The van der Waals surface area contributed by atoms with E-state index in [2.05, 4.69) is 6.92 Å². The third-order valence-electron chi connectivity index (χ3n) is 3.26. The maximum atomic E-state index is 6.25. The number of hydrogen-bond acceptors (Lipinski definition) is 4. The second kappa shape index (κ2) is 6.08. The van der Waals surface area contributed by atoms with Crippen LogP contribution < -0.4 is 15.2 Å². The first kappa shape index (κ1) is 14.4. The Morgan fingerprint density at radius 1 is 1.19 bits per heavy atom. The minimum absolute atomic E-state index is 0.545. The minimum atomic E-state index is 0.545. The molecule has 0 amide bonds. The highest BCUT2D eigenvalue weighted by molar-refractivity contribution is 7.98. The molecule has 0 bridgehead atoms. The second-order valence-electron chi connectivity index (χ2n) is 4.92. The van der Waals surface area contributed by atoms with Crippen molar-refractivity contribution in [3.63, 3.8) is 0 Å². The molecule has 2 aromatic carbocycles. The summed E-state index contributed by atoms with van der Waals surface area (Å²) in [5.41, 5.74) is 8.95. The van der Waals surface area contributed by atoms with Gasteiger partial charge in [-0.05, 0) is 42.3 Å². The van der Waals surface area contributed by atoms with Crippen LogP contribution in [0.1, 0.15) is 11.1 Å². The van der Waals surface area contributed by atoms with Gasteiger partial charge in [0.2, 0.25) is 0 Å². The van der Waals surface area contributed by atoms with Crippen molar-refractivity contribution in [2.75, 3.05) is 18.9 Å². The SMILES string of the molecule is Cc1ccc(N)cc1SCc1cc(Cl)c2c(c1)OCCO2. The third kappa shape index (κ3) is 3.22. The molecule has 0 fully saturated rings. The van der Waals surface area contributed by atoms with Crippen molar-refractivity contribution in [1.82, 2.24) is 0 Å². The molecule has 0 spiro atoms. The monoisotopic (exact) mass is 321 g/mol. The zero-order valence-corrected chi connectivity index (χ0v) is 13.3. The van der Waals surface area contributed by atoms with Crippen LogP contribution in [-0.4, -0.2) is 13.2 Å². The van der Waals surface area contributed by atoms with Gasteiger partial charge < -0.3 is 15.2 Å². The van der Waals surface area contributed by atoms with Gasteiger partial charge >= 0.3 is 0 Å². The molecule has 3 nitrogen and oxygen atoms in total. The largest absolute Gasteiger partial charge is 0.486 e. The van der Waals surface area contributed by atoms with Gasteiger partial charge in [-0.2, -0.15) is 0 Å². The number of nitrogens with two attached hydrogens (primary N) is 1. The van der Waals surface area contributed by atoms with Crippen LogP contribution in [0.25, 0.3) is 0 Å². The summed E-state index contributed by atoms with van der Waals surface area (Å²) in [6, 6.07) is 9.88. The standard InChI is InChI=1S/C16H16ClNO2S/c1-10-2-3-12(18)8-15(10)21-9-11-6-13(17)16-14(7-11)19-4-5-20-16/h2-3,6-8H,4-5,9,18H2,1H3. The fourth-order valence-corrected chi connectivity index (χ4v) is 3.47. The first-order chi connectivity index (χ1) is 10.1. The molecule has 0 atom stereocenters. The Labute approximate surface area is 133 Å². The fraction of sp³-hybridized carbons (Fsp3) is 0.250. The average Bonchev–Trinajstić information content (AvgIpc) is 2.48. The van der Waals surface area contributed by atoms with Crippen molar-refractivity contribution < 1.29 is 9.47 Å². The number of nitrogen functional groups attached to an aromatic ring is 1. The van der Waals surface area contributed by atoms with Crippen LogP contribution in [0.15, 0.2) is 35.2 Å². The van der Waals surface area contributed by atoms with Gasteiger partial charge in [-0.15, -0.1) is 11.8 Å². The molecule has 3 rings (SSSR count). The van der Waals surface area contributed by atoms with E-state index in [9.17, 15) is 0 Å². The van der Waals surface area contributed by atoms with Gasteiger partial charge in [-0.3, -0.25) is 0 Å². The number of thioether (sulfide) groups is 1. The molecule has 110 valence electrons. The summed E-state index contributed by atoms with van der Waals surface area (Å²) in [5.74, 6) is 2.19. The fourth-order valence-electron chi connectivity index (χ4n) is 2.18. The lowest BCUT2D eigenvalue weighted by molar-refractivity contribution is 0.171. The zero-order valence-electron chi connectivity index (χ0n) is 11.7. The summed E-state index contributed by atoms with van der Waals surface area (Å²) in [4.78, 5) is 1.18. The zero-order chi connectivity index (χ0) is 14.8. The number of hydrogen-bond donors (Lipinski definition) is 1. The number of ether oxygens (including phenoxy) is 2. The van der Waals surface area contributed by atoms with Crippen LogP contribution in [0.3, 0.4) is 0 Å². The molecule has 0 saturated carbocycles. The number of benzene rings is 2. The number of rotatable bonds is 3. The predicted molar refractivity (Wildman–Crippen MR) is 87.6 cm³/mol. The van der Waals surface area contributed by atoms with Crippen LogP contribution in [0, 0.1) is 6.92 Å². The topological polar surface area (TPSA) is 44.5 Å². The number of aryl methyl sites for hydroxylation is 1. The van der Waals surface area contributed by atoms with E-state index in [4.69, 9.17) is 26.8 Å². The third-order valence-corrected chi connectivity index (χ3v) is 4.77. The van der Waals surface area contributed by atoms with E-state index in [-0.39, 0.29) is 0 Å². The summed E-state index contributed by atoms with van der Waals surface area (Å²) in [6.45, 7) is 3.19. The molecule has 1 aliphatic rings. The number of halogens is 1. The van der Waals surface area contributed by atoms with E-state index in [1.165, 1.54) is 10.5 Å². The summed E-state index contributed by atoms with van der Waals surface area (Å²) >= 11 is 7.99. The number of anilines is 1. The van der Waals surface area contributed by atoms with E-state index >= 15 is 0 Å². The smallest absolute Gasteiger partial charge is 0.179 e. The molecule has 0 radical (unpaired) electrons. The van der Waals surface area contributed by atoms with Crippen LogP contribution in [-0.2, 0) is 5.75 Å². The van der Waals surface area contributed by atoms with E-state index in [0.717, 1.165) is 22.8 Å². The van der Waals surface area contributed by atoms with E-state index in [1.807, 2.05) is 30.3 Å². The maximum absolute atomic E-state index is 6.25. The van der Waals surface area contributed by atoms with Crippen LogP contribution in [0.4, 0.5) is 5.69 Å². The lowest BCUT2D eigenvalue weighted by Gasteiger charge is -2.20. The minimum Gasteiger partial charge on any atom is -0.486 e. The highest BCUT2D eigenvalue weighted by Gasteiger charge is 2.16. The van der Waals surface area contributed by atoms with Crippen LogP contribution in [0.2, 0.25) is 5.02 Å². The molecule has 0 aromatic heterocycles. The lowest BCUT2D eigenvalue weighted by atomic mass is 10.2. The summed E-state index contributed by atoms with van der Waals surface area (Å²) in [7, 11) is 0. The van der Waals surface area contributed by atoms with Gasteiger partial charge in [-0.1, -0.05) is 17.7 Å². The predicted octanol–water partition coefficient (Wildman–Crippen LogP) is 4.29. The summed E-state index contributed by atoms with van der Waals surface area (Å²) in [6.07, 6.45) is 0. The highest BCUT2D eigenvalue weighted by atomic mass is 35.5. The molecule has 5 heteroatoms. The quantitative estimate of drug-likeness (QED) is 0.676. The average molecular weight is 322 g/mol. The Balaban J connectivity index is 1.79. The van der Waals surface area contributed by atoms with Gasteiger partial charge in [0.25, 0.3) is 0 Å². The van der Waals surface area contributed by atoms with E-state index in [1.54, 1.807) is 11.8 Å². The Hall–Kier alpha value is -1.52. The van der Waals surface area contributed by atoms with Gasteiger partial charge in [0.15, 0.2) is 11.5 Å². The van der Waals surface area contributed by atoms with Crippen molar-refractivity contribution in [3.05, 3.63) is 46.5 Å². The van der Waals surface area contributed by atoms with Gasteiger partial charge in [0.1, 0.15) is 13.2 Å². The van der Waals surface area contributed by atoms with Crippen molar-refractivity contribution in [1.29, 1.82) is 0 Å². The first-order valence-corrected chi connectivity index (χ1v) is 8.07. The van der Waals surface area contributed by atoms with Crippen molar-refractivity contribution in [3.8, 4) is 11.5 Å². The van der Waals surface area contributed by atoms with Crippen LogP contribution >= 0.6 is 23.4 Å². The Kier molecular flexibility index (Phi) is 4.17. The Morgan fingerprint density at radius 3 is 2.86 bits per heavy atom. The van der Waals surface area contributed by atoms with Crippen molar-refractivity contribution >= 4 is 29.1 Å². The molecule has 1 heterocycles. The molecular weight excluding hydrogens is 306 g/mol. The molecule has 0 aliphatic carbocycles.